The van der Waals surface area contributed by atoms with Gasteiger partial charge in [-0.3, -0.25) is 0 Å². The second-order valence-corrected chi connectivity index (χ2v) is 8.89. The Morgan fingerprint density at radius 1 is 1.17 bits per heavy atom. The summed E-state index contributed by atoms with van der Waals surface area (Å²) in [5, 5.41) is 9.53. The number of aromatic nitrogens is 1. The SMILES string of the molecule is COC(C)(C)C#Cc1cc(N2CCC(OC3CC(OC(C)C)C3)CC2)c(C#N)cn1. The lowest BCUT2D eigenvalue weighted by molar-refractivity contribution is -0.141. The molecule has 2 aliphatic rings. The monoisotopic (exact) mass is 411 g/mol. The quantitative estimate of drug-likeness (QED) is 0.666. The first kappa shape index (κ1) is 22.6. The third-order valence-corrected chi connectivity index (χ3v) is 5.69. The molecule has 2 fully saturated rings. The lowest BCUT2D eigenvalue weighted by Crippen LogP contribution is -2.44. The van der Waals surface area contributed by atoms with E-state index < -0.39 is 5.60 Å². The number of hydrogen-bond donors (Lipinski definition) is 0. The highest BCUT2D eigenvalue weighted by Gasteiger charge is 2.34. The summed E-state index contributed by atoms with van der Waals surface area (Å²) in [6, 6.07) is 4.18. The topological polar surface area (TPSA) is 67.6 Å². The number of pyridine rings is 1. The van der Waals surface area contributed by atoms with E-state index >= 15 is 0 Å². The Kier molecular flexibility index (Phi) is 7.36. The van der Waals surface area contributed by atoms with Crippen molar-refractivity contribution in [3.63, 3.8) is 0 Å². The van der Waals surface area contributed by atoms with Gasteiger partial charge in [0.2, 0.25) is 0 Å². The van der Waals surface area contributed by atoms with Crippen LogP contribution in [0.25, 0.3) is 0 Å². The average Bonchev–Trinajstić information content (AvgIpc) is 2.71. The van der Waals surface area contributed by atoms with Gasteiger partial charge in [0.05, 0.1) is 35.7 Å². The van der Waals surface area contributed by atoms with Crippen molar-refractivity contribution in [3.05, 3.63) is 23.5 Å². The largest absolute Gasteiger partial charge is 0.375 e. The van der Waals surface area contributed by atoms with E-state index in [1.165, 1.54) is 0 Å². The fourth-order valence-electron chi connectivity index (χ4n) is 3.76. The van der Waals surface area contributed by atoms with Crippen LogP contribution in [0.5, 0.6) is 0 Å². The Morgan fingerprint density at radius 2 is 1.87 bits per heavy atom. The third-order valence-electron chi connectivity index (χ3n) is 5.69. The molecule has 30 heavy (non-hydrogen) atoms. The Bertz CT molecular complexity index is 820. The minimum atomic E-state index is -0.536. The smallest absolute Gasteiger partial charge is 0.123 e. The van der Waals surface area contributed by atoms with Crippen molar-refractivity contribution in [2.24, 2.45) is 0 Å². The molecule has 2 heterocycles. The Morgan fingerprint density at radius 3 is 2.47 bits per heavy atom. The Labute approximate surface area is 180 Å². The van der Waals surface area contributed by atoms with E-state index in [2.05, 4.69) is 41.6 Å². The molecule has 1 aromatic rings. The number of nitriles is 1. The summed E-state index contributed by atoms with van der Waals surface area (Å²) in [6.07, 6.45) is 6.77. The molecule has 0 bridgehead atoms. The van der Waals surface area contributed by atoms with Gasteiger partial charge in [-0.15, -0.1) is 0 Å². The van der Waals surface area contributed by atoms with Gasteiger partial charge in [0.1, 0.15) is 17.4 Å². The van der Waals surface area contributed by atoms with Crippen LogP contribution in [0.1, 0.15) is 64.6 Å². The second-order valence-electron chi connectivity index (χ2n) is 8.89. The molecule has 1 saturated heterocycles. The molecule has 0 amide bonds. The molecular formula is C24H33N3O3. The lowest BCUT2D eigenvalue weighted by Gasteiger charge is -2.41. The molecular weight excluding hydrogens is 378 g/mol. The lowest BCUT2D eigenvalue weighted by atomic mass is 9.91. The van der Waals surface area contributed by atoms with Crippen LogP contribution in [0.2, 0.25) is 0 Å². The normalized spacial score (nSPS) is 22.2. The highest BCUT2D eigenvalue weighted by molar-refractivity contribution is 5.61. The van der Waals surface area contributed by atoms with Crippen LogP contribution in [0.3, 0.4) is 0 Å². The van der Waals surface area contributed by atoms with Crippen LogP contribution in [-0.2, 0) is 14.2 Å². The Hall–Kier alpha value is -2.12. The molecule has 6 heteroatoms. The van der Waals surface area contributed by atoms with Crippen LogP contribution in [0.15, 0.2) is 12.3 Å². The van der Waals surface area contributed by atoms with Gasteiger partial charge >= 0.3 is 0 Å². The average molecular weight is 412 g/mol. The van der Waals surface area contributed by atoms with Gasteiger partial charge in [-0.1, -0.05) is 5.92 Å². The van der Waals surface area contributed by atoms with E-state index in [-0.39, 0.29) is 12.2 Å². The fraction of sp³-hybridized carbons (Fsp3) is 0.667. The van der Waals surface area contributed by atoms with Gasteiger partial charge < -0.3 is 19.1 Å². The minimum Gasteiger partial charge on any atom is -0.375 e. The van der Waals surface area contributed by atoms with E-state index in [9.17, 15) is 5.26 Å². The zero-order valence-electron chi connectivity index (χ0n) is 18.8. The molecule has 1 aromatic heterocycles. The van der Waals surface area contributed by atoms with Crippen molar-refractivity contribution in [3.8, 4) is 17.9 Å². The van der Waals surface area contributed by atoms with Gasteiger partial charge in [0, 0.05) is 26.4 Å². The van der Waals surface area contributed by atoms with Gasteiger partial charge in [-0.2, -0.15) is 5.26 Å². The first-order valence-electron chi connectivity index (χ1n) is 10.8. The van der Waals surface area contributed by atoms with Crippen molar-refractivity contribution < 1.29 is 14.2 Å². The summed E-state index contributed by atoms with van der Waals surface area (Å²) >= 11 is 0. The molecule has 3 rings (SSSR count). The highest BCUT2D eigenvalue weighted by atomic mass is 16.5. The van der Waals surface area contributed by atoms with E-state index in [0.717, 1.165) is 44.5 Å². The summed E-state index contributed by atoms with van der Waals surface area (Å²) in [6.45, 7) is 9.70. The van der Waals surface area contributed by atoms with E-state index in [1.54, 1.807) is 13.3 Å². The van der Waals surface area contributed by atoms with Crippen molar-refractivity contribution in [1.82, 2.24) is 4.98 Å². The minimum absolute atomic E-state index is 0.278. The first-order chi connectivity index (χ1) is 14.3. The van der Waals surface area contributed by atoms with E-state index in [1.807, 2.05) is 19.9 Å². The highest BCUT2D eigenvalue weighted by Crippen LogP contribution is 2.31. The maximum Gasteiger partial charge on any atom is 0.123 e. The van der Waals surface area contributed by atoms with Crippen molar-refractivity contribution >= 4 is 5.69 Å². The van der Waals surface area contributed by atoms with Gasteiger partial charge in [0.15, 0.2) is 0 Å². The number of anilines is 1. The van der Waals surface area contributed by atoms with Gasteiger partial charge in [0.25, 0.3) is 0 Å². The standard InChI is InChI=1S/C24H33N3O3/c1-17(2)29-21-13-22(14-21)30-20-7-10-27(11-8-20)23-12-19(26-16-18(23)15-25)6-9-24(3,4)28-5/h12,16-17,20-22H,7-8,10-11,13-14H2,1-5H3. The summed E-state index contributed by atoms with van der Waals surface area (Å²) in [4.78, 5) is 6.58. The van der Waals surface area contributed by atoms with Crippen molar-refractivity contribution in [2.45, 2.75) is 83.4 Å². The third kappa shape index (κ3) is 5.95. The maximum absolute atomic E-state index is 9.53. The summed E-state index contributed by atoms with van der Waals surface area (Å²) in [5.41, 5.74) is 1.60. The number of ether oxygens (including phenoxy) is 3. The number of rotatable bonds is 6. The van der Waals surface area contributed by atoms with Crippen molar-refractivity contribution in [1.29, 1.82) is 5.26 Å². The van der Waals surface area contributed by atoms with Crippen LogP contribution < -0.4 is 4.90 Å². The Balaban J connectivity index is 1.57. The van der Waals surface area contributed by atoms with Gasteiger partial charge in [-0.05, 0) is 65.4 Å². The maximum atomic E-state index is 9.53. The second kappa shape index (κ2) is 9.79. The van der Waals surface area contributed by atoms with Crippen LogP contribution in [0.4, 0.5) is 5.69 Å². The molecule has 1 aliphatic carbocycles. The van der Waals surface area contributed by atoms with Crippen LogP contribution in [-0.4, -0.2) is 55.2 Å². The molecule has 1 aliphatic heterocycles. The fourth-order valence-corrected chi connectivity index (χ4v) is 3.76. The molecule has 0 atom stereocenters. The van der Waals surface area contributed by atoms with Gasteiger partial charge in [-0.25, -0.2) is 4.98 Å². The van der Waals surface area contributed by atoms with Crippen LogP contribution in [0, 0.1) is 23.2 Å². The first-order valence-corrected chi connectivity index (χ1v) is 10.8. The molecule has 6 nitrogen and oxygen atoms in total. The zero-order valence-corrected chi connectivity index (χ0v) is 18.8. The predicted molar refractivity (Wildman–Crippen MR) is 116 cm³/mol. The number of piperidine rings is 1. The molecule has 0 radical (unpaired) electrons. The molecule has 162 valence electrons. The predicted octanol–water partition coefficient (Wildman–Crippen LogP) is 3.67. The number of hydrogen-bond acceptors (Lipinski definition) is 6. The number of methoxy groups -OCH3 is 1. The molecule has 0 aromatic carbocycles. The summed E-state index contributed by atoms with van der Waals surface area (Å²) in [5.74, 6) is 6.16. The zero-order chi connectivity index (χ0) is 21.7. The summed E-state index contributed by atoms with van der Waals surface area (Å²) in [7, 11) is 1.64. The molecule has 1 saturated carbocycles. The molecule has 0 N–H and O–H groups in total. The number of nitrogens with zero attached hydrogens (tertiary/aromatic N) is 3. The summed E-state index contributed by atoms with van der Waals surface area (Å²) < 4.78 is 17.4. The van der Waals surface area contributed by atoms with Crippen LogP contribution >= 0.6 is 0 Å². The van der Waals surface area contributed by atoms with E-state index in [4.69, 9.17) is 14.2 Å². The molecule has 0 spiro atoms. The van der Waals surface area contributed by atoms with Crippen molar-refractivity contribution in [2.75, 3.05) is 25.1 Å². The van der Waals surface area contributed by atoms with E-state index in [0.29, 0.717) is 23.5 Å². The molecule has 0 unspecified atom stereocenters.